The van der Waals surface area contributed by atoms with Gasteiger partial charge in [-0.1, -0.05) is 19.4 Å². The van der Waals surface area contributed by atoms with Crippen LogP contribution in [0, 0.1) is 6.92 Å². The van der Waals surface area contributed by atoms with Crippen LogP contribution in [-0.2, 0) is 11.3 Å². The maximum atomic E-state index is 11.6. The Morgan fingerprint density at radius 3 is 2.85 bits per heavy atom. The summed E-state index contributed by atoms with van der Waals surface area (Å²) in [4.78, 5) is 25.9. The number of benzene rings is 1. The van der Waals surface area contributed by atoms with Crippen molar-refractivity contribution in [1.29, 1.82) is 0 Å². The van der Waals surface area contributed by atoms with Crippen molar-refractivity contribution in [2.24, 2.45) is 0 Å². The number of nitrogens with one attached hydrogen (secondary N) is 2. The number of hydrogen-bond donors (Lipinski definition) is 2. The molecule has 2 aromatic rings. The zero-order chi connectivity index (χ0) is 14.5. The molecule has 1 heterocycles. The van der Waals surface area contributed by atoms with E-state index in [1.807, 2.05) is 24.3 Å². The quantitative estimate of drug-likeness (QED) is 0.879. The molecule has 0 saturated heterocycles. The normalized spacial score (nSPS) is 10.7. The van der Waals surface area contributed by atoms with Gasteiger partial charge >= 0.3 is 0 Å². The molecule has 0 atom stereocenters. The van der Waals surface area contributed by atoms with Crippen molar-refractivity contribution in [3.8, 4) is 0 Å². The first kappa shape index (κ1) is 14.3. The lowest BCUT2D eigenvalue weighted by molar-refractivity contribution is -0.121. The van der Waals surface area contributed by atoms with E-state index in [-0.39, 0.29) is 11.5 Å². The highest BCUT2D eigenvalue weighted by Crippen LogP contribution is 2.13. The molecule has 1 amide bonds. The Kier molecular flexibility index (Phi) is 4.56. The van der Waals surface area contributed by atoms with E-state index in [4.69, 9.17) is 0 Å². The van der Waals surface area contributed by atoms with Crippen LogP contribution < -0.4 is 10.9 Å². The summed E-state index contributed by atoms with van der Waals surface area (Å²) in [5, 5.41) is 3.90. The summed E-state index contributed by atoms with van der Waals surface area (Å²) >= 11 is 0. The number of carbonyl (C=O) groups is 1. The third-order valence-electron chi connectivity index (χ3n) is 3.34. The van der Waals surface area contributed by atoms with E-state index in [0.29, 0.717) is 18.5 Å². The molecule has 0 radical (unpaired) electrons. The Balaban J connectivity index is 2.10. The predicted octanol–water partition coefficient (Wildman–Crippen LogP) is 2.64. The predicted molar refractivity (Wildman–Crippen MR) is 80.7 cm³/mol. The molecule has 0 saturated carbocycles. The van der Waals surface area contributed by atoms with Gasteiger partial charge in [-0.05, 0) is 42.5 Å². The number of fused-ring (bicyclic) bond motifs is 1. The van der Waals surface area contributed by atoms with Gasteiger partial charge in [0.15, 0.2) is 0 Å². The minimum atomic E-state index is -0.0573. The molecule has 4 nitrogen and oxygen atoms in total. The average Bonchev–Trinajstić information content (AvgIpc) is 2.44. The SMILES string of the molecule is CCCCC(=O)NCc1ccc2[nH]c(=O)c(C)cc2c1. The van der Waals surface area contributed by atoms with Crippen molar-refractivity contribution in [2.75, 3.05) is 0 Å². The van der Waals surface area contributed by atoms with Gasteiger partial charge in [0.1, 0.15) is 0 Å². The number of H-pyrrole nitrogens is 1. The van der Waals surface area contributed by atoms with E-state index in [9.17, 15) is 9.59 Å². The standard InChI is InChI=1S/C16H20N2O2/c1-3-4-5-15(19)17-10-12-6-7-14-13(9-12)8-11(2)16(20)18-14/h6-9H,3-5,10H2,1-2H3,(H,17,19)(H,18,20). The molecule has 2 rings (SSSR count). The zero-order valence-electron chi connectivity index (χ0n) is 12.0. The molecule has 20 heavy (non-hydrogen) atoms. The molecule has 4 heteroatoms. The first-order chi connectivity index (χ1) is 9.60. The van der Waals surface area contributed by atoms with Gasteiger partial charge in [0, 0.05) is 24.0 Å². The van der Waals surface area contributed by atoms with Crippen LogP contribution in [0.1, 0.15) is 37.3 Å². The average molecular weight is 272 g/mol. The monoisotopic (exact) mass is 272 g/mol. The molecular weight excluding hydrogens is 252 g/mol. The molecule has 0 unspecified atom stereocenters. The molecule has 0 aliphatic rings. The fraction of sp³-hybridized carbons (Fsp3) is 0.375. The number of hydrogen-bond acceptors (Lipinski definition) is 2. The molecule has 0 aliphatic heterocycles. The number of aryl methyl sites for hydroxylation is 1. The Hall–Kier alpha value is -2.10. The summed E-state index contributed by atoms with van der Waals surface area (Å²) < 4.78 is 0. The minimum absolute atomic E-state index is 0.0573. The summed E-state index contributed by atoms with van der Waals surface area (Å²) in [7, 11) is 0. The van der Waals surface area contributed by atoms with E-state index in [2.05, 4.69) is 17.2 Å². The fourth-order valence-electron chi connectivity index (χ4n) is 2.10. The highest BCUT2D eigenvalue weighted by Gasteiger charge is 2.03. The number of carbonyl (C=O) groups excluding carboxylic acids is 1. The van der Waals surface area contributed by atoms with Gasteiger partial charge in [-0.15, -0.1) is 0 Å². The molecule has 1 aromatic heterocycles. The lowest BCUT2D eigenvalue weighted by atomic mass is 10.1. The van der Waals surface area contributed by atoms with Gasteiger partial charge in [0.2, 0.25) is 5.91 Å². The number of unbranched alkanes of at least 4 members (excludes halogenated alkanes) is 1. The van der Waals surface area contributed by atoms with Crippen LogP contribution in [0.4, 0.5) is 0 Å². The molecule has 0 bridgehead atoms. The van der Waals surface area contributed by atoms with Crippen LogP contribution in [0.15, 0.2) is 29.1 Å². The maximum Gasteiger partial charge on any atom is 0.251 e. The van der Waals surface area contributed by atoms with E-state index < -0.39 is 0 Å². The third kappa shape index (κ3) is 3.47. The van der Waals surface area contributed by atoms with Gasteiger partial charge in [0.05, 0.1) is 0 Å². The fourth-order valence-corrected chi connectivity index (χ4v) is 2.10. The Morgan fingerprint density at radius 2 is 2.10 bits per heavy atom. The number of amides is 1. The summed E-state index contributed by atoms with van der Waals surface area (Å²) in [5.74, 6) is 0.0876. The van der Waals surface area contributed by atoms with Crippen molar-refractivity contribution in [2.45, 2.75) is 39.7 Å². The molecule has 0 fully saturated rings. The summed E-state index contributed by atoms with van der Waals surface area (Å²) in [6, 6.07) is 7.67. The number of aromatic amines is 1. The topological polar surface area (TPSA) is 62.0 Å². The molecule has 106 valence electrons. The molecule has 1 aromatic carbocycles. The van der Waals surface area contributed by atoms with Crippen molar-refractivity contribution in [1.82, 2.24) is 10.3 Å². The van der Waals surface area contributed by atoms with Crippen LogP contribution in [0.5, 0.6) is 0 Å². The summed E-state index contributed by atoms with van der Waals surface area (Å²) in [6.07, 6.45) is 2.52. The lowest BCUT2D eigenvalue weighted by Gasteiger charge is -2.07. The van der Waals surface area contributed by atoms with E-state index in [0.717, 1.165) is 29.3 Å². The van der Waals surface area contributed by atoms with Crippen LogP contribution in [0.2, 0.25) is 0 Å². The Bertz CT molecular complexity index is 674. The first-order valence-corrected chi connectivity index (χ1v) is 6.99. The van der Waals surface area contributed by atoms with Crippen LogP contribution in [-0.4, -0.2) is 10.9 Å². The minimum Gasteiger partial charge on any atom is -0.352 e. The lowest BCUT2D eigenvalue weighted by Crippen LogP contribution is -2.22. The maximum absolute atomic E-state index is 11.6. The van der Waals surface area contributed by atoms with Crippen molar-refractivity contribution in [3.05, 3.63) is 45.7 Å². The largest absolute Gasteiger partial charge is 0.352 e. The van der Waals surface area contributed by atoms with Crippen molar-refractivity contribution < 1.29 is 4.79 Å². The van der Waals surface area contributed by atoms with Gasteiger partial charge in [-0.2, -0.15) is 0 Å². The van der Waals surface area contributed by atoms with E-state index in [1.54, 1.807) is 6.92 Å². The summed E-state index contributed by atoms with van der Waals surface area (Å²) in [5.41, 5.74) is 2.50. The zero-order valence-corrected chi connectivity index (χ0v) is 12.0. The van der Waals surface area contributed by atoms with Gasteiger partial charge < -0.3 is 10.3 Å². The van der Waals surface area contributed by atoms with E-state index >= 15 is 0 Å². The smallest absolute Gasteiger partial charge is 0.251 e. The second kappa shape index (κ2) is 6.37. The second-order valence-electron chi connectivity index (χ2n) is 5.08. The van der Waals surface area contributed by atoms with Gasteiger partial charge in [-0.3, -0.25) is 9.59 Å². The number of pyridine rings is 1. The van der Waals surface area contributed by atoms with E-state index in [1.165, 1.54) is 0 Å². The molecular formula is C16H20N2O2. The van der Waals surface area contributed by atoms with Gasteiger partial charge in [0.25, 0.3) is 5.56 Å². The molecule has 0 spiro atoms. The molecule has 2 N–H and O–H groups in total. The van der Waals surface area contributed by atoms with Crippen LogP contribution >= 0.6 is 0 Å². The van der Waals surface area contributed by atoms with Crippen LogP contribution in [0.25, 0.3) is 10.9 Å². The Labute approximate surface area is 118 Å². The van der Waals surface area contributed by atoms with Crippen molar-refractivity contribution in [3.63, 3.8) is 0 Å². The molecule has 0 aliphatic carbocycles. The first-order valence-electron chi connectivity index (χ1n) is 6.99. The number of aromatic nitrogens is 1. The highest BCUT2D eigenvalue weighted by atomic mass is 16.1. The summed E-state index contributed by atoms with van der Waals surface area (Å²) in [6.45, 7) is 4.38. The Morgan fingerprint density at radius 1 is 1.30 bits per heavy atom. The highest BCUT2D eigenvalue weighted by molar-refractivity contribution is 5.80. The van der Waals surface area contributed by atoms with Crippen molar-refractivity contribution >= 4 is 16.8 Å². The van der Waals surface area contributed by atoms with Gasteiger partial charge in [-0.25, -0.2) is 0 Å². The number of rotatable bonds is 5. The third-order valence-corrected chi connectivity index (χ3v) is 3.34. The van der Waals surface area contributed by atoms with Crippen LogP contribution in [0.3, 0.4) is 0 Å². The second-order valence-corrected chi connectivity index (χ2v) is 5.08.